The first-order valence-corrected chi connectivity index (χ1v) is 4.94. The van der Waals surface area contributed by atoms with Crippen LogP contribution in [0, 0.1) is 0 Å². The van der Waals surface area contributed by atoms with E-state index in [1.54, 1.807) is 0 Å². The Morgan fingerprint density at radius 1 is 1.67 bits per heavy atom. The fourth-order valence-electron chi connectivity index (χ4n) is 0.262. The summed E-state index contributed by atoms with van der Waals surface area (Å²) in [6, 6.07) is 0. The normalized spacial score (nSPS) is 15.3. The molecule has 7 nitrogen and oxygen atoms in total. The molecule has 72 valence electrons. The zero-order valence-electron chi connectivity index (χ0n) is 6.63. The van der Waals surface area contributed by atoms with E-state index in [4.69, 9.17) is 10.1 Å². The summed E-state index contributed by atoms with van der Waals surface area (Å²) in [5.74, 6) is -0.664. The quantitative estimate of drug-likeness (QED) is 0.216. The minimum Gasteiger partial charge on any atom is -0.323 e. The van der Waals surface area contributed by atoms with E-state index in [9.17, 15) is 9.36 Å². The van der Waals surface area contributed by atoms with Crippen molar-refractivity contribution in [1.29, 1.82) is 0 Å². The maximum atomic E-state index is 10.4. The lowest BCUT2D eigenvalue weighted by atomic mass is 10.7. The van der Waals surface area contributed by atoms with Crippen LogP contribution in [0.2, 0.25) is 0 Å². The third kappa shape index (κ3) is 6.26. The fraction of sp³-hybridized carbons (Fsp3) is 0.750. The average Bonchev–Trinajstić information content (AvgIpc) is 1.84. The topological polar surface area (TPSA) is 96.3 Å². The Morgan fingerprint density at radius 3 is 2.50 bits per heavy atom. The lowest BCUT2D eigenvalue weighted by molar-refractivity contribution is -0.281. The van der Waals surface area contributed by atoms with Crippen LogP contribution in [0.5, 0.6) is 0 Å². The van der Waals surface area contributed by atoms with Crippen molar-refractivity contribution >= 4 is 13.5 Å². The van der Waals surface area contributed by atoms with Crippen LogP contribution in [0.3, 0.4) is 0 Å². The van der Waals surface area contributed by atoms with Gasteiger partial charge in [0.2, 0.25) is 5.91 Å². The molecule has 2 N–H and O–H groups in total. The number of hydroxylamine groups is 2. The van der Waals surface area contributed by atoms with Gasteiger partial charge in [0, 0.05) is 13.6 Å². The van der Waals surface area contributed by atoms with Crippen molar-refractivity contribution in [2.24, 2.45) is 0 Å². The van der Waals surface area contributed by atoms with Crippen molar-refractivity contribution in [1.82, 2.24) is 5.06 Å². The van der Waals surface area contributed by atoms with Crippen LogP contribution in [-0.2, 0) is 18.9 Å². The lowest BCUT2D eigenvalue weighted by Crippen LogP contribution is -2.27. The van der Waals surface area contributed by atoms with Crippen LogP contribution in [0.25, 0.3) is 0 Å². The summed E-state index contributed by atoms with van der Waals surface area (Å²) < 4.78 is 14.3. The van der Waals surface area contributed by atoms with E-state index in [2.05, 4.69) is 9.56 Å². The van der Waals surface area contributed by atoms with Gasteiger partial charge in [-0.15, -0.1) is 4.67 Å². The largest absolute Gasteiger partial charge is 0.352 e. The van der Waals surface area contributed by atoms with E-state index in [0.717, 1.165) is 13.6 Å². The predicted molar refractivity (Wildman–Crippen MR) is 37.1 cm³/mol. The summed E-state index contributed by atoms with van der Waals surface area (Å²) in [7, 11) is -3.72. The van der Waals surface area contributed by atoms with Crippen LogP contribution < -0.4 is 0 Å². The number of amides is 1. The molecule has 0 fully saturated rings. The molecule has 0 bridgehead atoms. The molecule has 0 saturated carbocycles. The van der Waals surface area contributed by atoms with E-state index in [1.807, 2.05) is 0 Å². The first-order chi connectivity index (χ1) is 5.33. The van der Waals surface area contributed by atoms with Crippen molar-refractivity contribution in [2.45, 2.75) is 6.92 Å². The van der Waals surface area contributed by atoms with E-state index < -0.39 is 20.2 Å². The lowest BCUT2D eigenvalue weighted by Gasteiger charge is -2.12. The molecule has 0 rings (SSSR count). The van der Waals surface area contributed by atoms with Gasteiger partial charge in [-0.25, -0.2) is 4.89 Å². The summed E-state index contributed by atoms with van der Waals surface area (Å²) in [6.07, 6.45) is 0. The second kappa shape index (κ2) is 4.54. The highest BCUT2D eigenvalue weighted by molar-refractivity contribution is 7.51. The molecule has 0 aromatic rings. The summed E-state index contributed by atoms with van der Waals surface area (Å²) in [4.78, 5) is 22.9. The minimum atomic E-state index is -3.72. The van der Waals surface area contributed by atoms with Crippen LogP contribution in [0.4, 0.5) is 0 Å². The number of rotatable bonds is 4. The maximum absolute atomic E-state index is 10.4. The van der Waals surface area contributed by atoms with Gasteiger partial charge in [-0.3, -0.25) is 14.6 Å². The molecule has 8 heteroatoms. The fourth-order valence-corrected chi connectivity index (χ4v) is 0.505. The molecule has 0 aliphatic carbocycles. The molecule has 0 aliphatic rings. The van der Waals surface area contributed by atoms with Gasteiger partial charge < -0.3 is 4.89 Å². The highest BCUT2D eigenvalue weighted by Crippen LogP contribution is 2.36. The third-order valence-corrected chi connectivity index (χ3v) is 1.11. The minimum absolute atomic E-state index is 0.190. The number of nitrogens with zero attached hydrogens (tertiary/aromatic N) is 1. The van der Waals surface area contributed by atoms with Crippen LogP contribution in [-0.4, -0.2) is 34.5 Å². The van der Waals surface area contributed by atoms with E-state index >= 15 is 0 Å². The molecular weight excluding hydrogens is 189 g/mol. The molecule has 0 radical (unpaired) electrons. The monoisotopic (exact) mass is 199 g/mol. The summed E-state index contributed by atoms with van der Waals surface area (Å²) in [5.41, 5.74) is 0. The number of hydrogen-bond acceptors (Lipinski definition) is 5. The van der Waals surface area contributed by atoms with Gasteiger partial charge in [0.15, 0.2) is 6.73 Å². The van der Waals surface area contributed by atoms with Crippen molar-refractivity contribution in [3.05, 3.63) is 0 Å². The number of hydrogen-bond donors (Lipinski definition) is 2. The molecule has 0 spiro atoms. The zero-order valence-corrected chi connectivity index (χ0v) is 7.52. The van der Waals surface area contributed by atoms with Gasteiger partial charge >= 0.3 is 7.60 Å². The van der Waals surface area contributed by atoms with Gasteiger partial charge in [-0.2, -0.15) is 5.06 Å². The molecule has 1 unspecified atom stereocenters. The average molecular weight is 199 g/mol. The molecule has 1 amide bonds. The Hall–Kier alpha value is -0.460. The molecule has 0 aliphatic heterocycles. The number of carbonyl (C=O) groups excluding carboxylic acids is 1. The van der Waals surface area contributed by atoms with Crippen LogP contribution in [0.1, 0.15) is 6.92 Å². The van der Waals surface area contributed by atoms with Crippen molar-refractivity contribution < 1.29 is 29.0 Å². The predicted octanol–water partition coefficient (Wildman–Crippen LogP) is -0.0550. The smallest absolute Gasteiger partial charge is 0.323 e. The van der Waals surface area contributed by atoms with E-state index in [-0.39, 0.29) is 5.06 Å². The maximum Gasteiger partial charge on any atom is 0.352 e. The zero-order chi connectivity index (χ0) is 9.78. The Balaban J connectivity index is 3.58. The Bertz CT molecular complexity index is 200. The molecule has 1 atom stereocenters. The van der Waals surface area contributed by atoms with Crippen molar-refractivity contribution in [2.75, 3.05) is 13.4 Å². The second-order valence-corrected chi connectivity index (χ2v) is 3.80. The molecule has 0 heterocycles. The molecule has 0 aromatic heterocycles. The molecular formula is C4H10NO6P. The molecule has 0 saturated heterocycles. The third-order valence-electron chi connectivity index (χ3n) is 0.729. The van der Waals surface area contributed by atoms with Gasteiger partial charge in [-0.05, 0) is 0 Å². The SMILES string of the molecule is CC(=O)N(O)COOP(C)(=O)O. The van der Waals surface area contributed by atoms with Crippen molar-refractivity contribution in [3.8, 4) is 0 Å². The molecule has 12 heavy (non-hydrogen) atoms. The first kappa shape index (κ1) is 11.5. The van der Waals surface area contributed by atoms with Gasteiger partial charge in [0.1, 0.15) is 0 Å². The van der Waals surface area contributed by atoms with Gasteiger partial charge in [-0.1, -0.05) is 0 Å². The molecule has 0 aromatic carbocycles. The Kier molecular flexibility index (Phi) is 4.36. The van der Waals surface area contributed by atoms with Crippen LogP contribution >= 0.6 is 7.60 Å². The van der Waals surface area contributed by atoms with Crippen molar-refractivity contribution in [3.63, 3.8) is 0 Å². The Morgan fingerprint density at radius 2 is 2.17 bits per heavy atom. The number of carbonyl (C=O) groups is 1. The highest BCUT2D eigenvalue weighted by Gasteiger charge is 2.12. The Labute approximate surface area is 68.9 Å². The van der Waals surface area contributed by atoms with Gasteiger partial charge in [0.25, 0.3) is 0 Å². The second-order valence-electron chi connectivity index (χ2n) is 2.04. The van der Waals surface area contributed by atoms with E-state index in [1.165, 1.54) is 0 Å². The standard InChI is InChI=1S/C4H10NO6P/c1-4(6)5(7)3-10-11-12(2,8)9/h7H,3H2,1-2H3,(H,8,9). The summed E-state index contributed by atoms with van der Waals surface area (Å²) in [6.45, 7) is 1.38. The highest BCUT2D eigenvalue weighted by atomic mass is 31.2. The van der Waals surface area contributed by atoms with Crippen LogP contribution in [0.15, 0.2) is 0 Å². The van der Waals surface area contributed by atoms with Gasteiger partial charge in [0.05, 0.1) is 0 Å². The summed E-state index contributed by atoms with van der Waals surface area (Å²) >= 11 is 0. The summed E-state index contributed by atoms with van der Waals surface area (Å²) in [5, 5.41) is 8.82. The van der Waals surface area contributed by atoms with E-state index in [0.29, 0.717) is 0 Å². The first-order valence-electron chi connectivity index (χ1n) is 2.91.